The maximum atomic E-state index is 15.1. The monoisotopic (exact) mass is 1890 g/mol. The highest BCUT2D eigenvalue weighted by Crippen LogP contribution is 2.39. The summed E-state index contributed by atoms with van der Waals surface area (Å²) in [6, 6.07) is 42.6. The van der Waals surface area contributed by atoms with Gasteiger partial charge in [0.15, 0.2) is 41.0 Å². The van der Waals surface area contributed by atoms with Gasteiger partial charge in [0.05, 0.1) is 85.9 Å². The Morgan fingerprint density at radius 2 is 0.844 bits per heavy atom. The van der Waals surface area contributed by atoms with Gasteiger partial charge in [-0.3, -0.25) is 14.0 Å². The Morgan fingerprint density at radius 3 is 1.27 bits per heavy atom. The lowest BCUT2D eigenvalue weighted by Crippen LogP contribution is -2.42. The highest BCUT2D eigenvalue weighted by atomic mass is 32.2. The van der Waals surface area contributed by atoms with Crippen molar-refractivity contribution in [1.29, 1.82) is 0 Å². The van der Waals surface area contributed by atoms with Gasteiger partial charge >= 0.3 is 12.1 Å². The van der Waals surface area contributed by atoms with Gasteiger partial charge in [-0.25, -0.2) is 68.1 Å². The van der Waals surface area contributed by atoms with E-state index >= 15 is 13.2 Å². The van der Waals surface area contributed by atoms with Crippen LogP contribution in [0.5, 0.6) is 0 Å². The van der Waals surface area contributed by atoms with Crippen molar-refractivity contribution in [3.8, 4) is 50.2 Å². The zero-order chi connectivity index (χ0) is 94.8. The zero-order valence-corrected chi connectivity index (χ0v) is 78.9. The molecule has 0 unspecified atom stereocenters. The van der Waals surface area contributed by atoms with E-state index in [9.17, 15) is 30.0 Å². The molecule has 16 aromatic rings. The molecule has 1 amide bonds. The Kier molecular flexibility index (Phi) is 26.9. The van der Waals surface area contributed by atoms with Crippen LogP contribution >= 0.6 is 0 Å². The number of amides is 1. The number of fused-ring (bicyclic) bond motifs is 4. The number of likely N-dealkylation sites (tertiary alicyclic amines) is 1. The minimum atomic E-state index is -3.30. The highest BCUT2D eigenvalue weighted by Gasteiger charge is 2.33. The number of carbonyl (C=O) groups excluding carboxylic acids is 1. The molecule has 13 heterocycles. The number of sulfone groups is 3. The molecule has 0 aliphatic carbocycles. The van der Waals surface area contributed by atoms with Crippen LogP contribution in [-0.4, -0.2) is 207 Å². The van der Waals surface area contributed by atoms with E-state index in [1.807, 2.05) is 128 Å². The number of ether oxygens (including phenoxy) is 1. The number of piperidine rings is 4. The predicted octanol–water partition coefficient (Wildman–Crippen LogP) is 17.1. The van der Waals surface area contributed by atoms with Gasteiger partial charge in [0.25, 0.3) is 0 Å². The van der Waals surface area contributed by atoms with Crippen LogP contribution in [0.1, 0.15) is 147 Å². The first-order chi connectivity index (χ1) is 64.7. The summed E-state index contributed by atoms with van der Waals surface area (Å²) in [6.07, 6.45) is 28.0. The molecular formula is C97H104F3N23O9S3. The molecule has 0 radical (unpaired) electrons. The molecule has 7 aromatic carbocycles. The standard InChI is InChI=1S/C25H26FN5O2S.C24H23FN10.C24H26FN5O3S.C24H29N3O4S/c1-3-17-14-27-25(28-15-17)30-10-8-20(9-11-30)31-24-13-23(26)22(12-19(24)16-29-31)18-4-6-21(7-5-18)34(2,32)33;1-2-16-12-26-24(27-13-16)33-9-7-20(8-10-33)35-23-18(14-29-35)11-21(22(25)30-23)17-3-5-19(6-4-17)34-15-28-31-32-34;1-15(2)23-27-24(33-28-23)29-10-8-18(9-11-29)30-22-13-21(25)20(12-17(22)14-26-30)16-4-6-19(7-5-16)34(3,31)32;1-24(2,3)31-23(28)26-13-11-20(12-14-26)27-22-10-7-18(15-19(22)16-25-27)17-5-8-21(9-6-17)32(4,29)30/h4-7,12-16,20H,3,8-11H2,1-2H3;3-6,11-15,20H,2,7-10H2,1H3;4-7,12-15,18H,8-11H2,1-3H3;5-10,15-16,20H,11-14H2,1-4H3. The molecule has 38 heteroatoms. The van der Waals surface area contributed by atoms with Crippen molar-refractivity contribution in [2.24, 2.45) is 0 Å². The van der Waals surface area contributed by atoms with E-state index in [2.05, 4.69) is 116 Å². The Balaban J connectivity index is 0.000000125. The summed E-state index contributed by atoms with van der Waals surface area (Å²) < 4.78 is 136. The number of aryl methyl sites for hydroxylation is 2. The van der Waals surface area contributed by atoms with Crippen molar-refractivity contribution in [3.63, 3.8) is 0 Å². The minimum Gasteiger partial charge on any atom is -0.444 e. The molecule has 0 atom stereocenters. The van der Waals surface area contributed by atoms with Crippen molar-refractivity contribution >= 4 is 97.3 Å². The van der Waals surface area contributed by atoms with Crippen LogP contribution in [0.4, 0.5) is 35.9 Å². The number of anilines is 3. The van der Waals surface area contributed by atoms with Crippen LogP contribution < -0.4 is 14.7 Å². The Labute approximate surface area is 779 Å². The average molecular weight is 1890 g/mol. The number of rotatable bonds is 18. The fraction of sp³-hybridized carbons (Fsp3) is 0.351. The van der Waals surface area contributed by atoms with E-state index in [0.29, 0.717) is 63.3 Å². The molecule has 4 aliphatic heterocycles. The molecule has 4 fully saturated rings. The Morgan fingerprint density at radius 1 is 0.452 bits per heavy atom. The fourth-order valence-electron chi connectivity index (χ4n) is 17.4. The molecule has 0 spiro atoms. The maximum absolute atomic E-state index is 15.1. The molecule has 700 valence electrons. The van der Waals surface area contributed by atoms with E-state index in [0.717, 1.165) is 199 Å². The molecule has 0 N–H and O–H groups in total. The Hall–Kier alpha value is -13.8. The van der Waals surface area contributed by atoms with E-state index in [4.69, 9.17) is 9.26 Å². The molecule has 135 heavy (non-hydrogen) atoms. The number of carbonyl (C=O) groups is 1. The van der Waals surface area contributed by atoms with Crippen molar-refractivity contribution in [2.45, 2.75) is 163 Å². The summed E-state index contributed by atoms with van der Waals surface area (Å²) in [5.41, 5.74) is 10.9. The molecule has 0 bridgehead atoms. The largest absolute Gasteiger partial charge is 0.444 e. The first-order valence-corrected chi connectivity index (χ1v) is 50.7. The van der Waals surface area contributed by atoms with Crippen LogP contribution in [0.3, 0.4) is 0 Å². The molecule has 32 nitrogen and oxygen atoms in total. The number of aromatic nitrogens is 19. The lowest BCUT2D eigenvalue weighted by Gasteiger charge is -2.33. The average Bonchev–Trinajstić information content (AvgIpc) is 1.66. The maximum Gasteiger partial charge on any atom is 0.410 e. The fourth-order valence-corrected chi connectivity index (χ4v) is 19.3. The highest BCUT2D eigenvalue weighted by molar-refractivity contribution is 7.91. The number of hydrogen-bond acceptors (Lipinski definition) is 26. The van der Waals surface area contributed by atoms with Crippen LogP contribution in [0.15, 0.2) is 221 Å². The lowest BCUT2D eigenvalue weighted by atomic mass is 10.0. The normalized spacial score (nSPS) is 15.3. The van der Waals surface area contributed by atoms with Gasteiger partial charge < -0.3 is 28.9 Å². The van der Waals surface area contributed by atoms with E-state index in [1.54, 1.807) is 76.7 Å². The number of nitrogens with zero attached hydrogens (tertiary/aromatic N) is 23. The van der Waals surface area contributed by atoms with E-state index < -0.39 is 41.1 Å². The van der Waals surface area contributed by atoms with Gasteiger partial charge in [0, 0.05) is 152 Å². The molecule has 4 aliphatic rings. The van der Waals surface area contributed by atoms with E-state index in [1.165, 1.54) is 49.0 Å². The smallest absolute Gasteiger partial charge is 0.410 e. The van der Waals surface area contributed by atoms with Crippen molar-refractivity contribution in [2.75, 3.05) is 85.8 Å². The van der Waals surface area contributed by atoms with Gasteiger partial charge in [-0.15, -0.1) is 5.10 Å². The summed E-state index contributed by atoms with van der Waals surface area (Å²) in [6.45, 7) is 19.9. The van der Waals surface area contributed by atoms with Crippen LogP contribution in [-0.2, 0) is 47.1 Å². The number of hydrogen-bond donors (Lipinski definition) is 0. The van der Waals surface area contributed by atoms with Crippen LogP contribution in [0.2, 0.25) is 0 Å². The summed E-state index contributed by atoms with van der Waals surface area (Å²) in [4.78, 5) is 48.0. The SMILES string of the molecule is CC(C)(C)OC(=O)N1CCC(n2ncc3cc(-c4ccc(S(C)(=O)=O)cc4)ccc32)CC1.CC(C)c1noc(N2CCC(n3ncc4cc(-c5ccc(S(C)(=O)=O)cc5)c(F)cc43)CC2)n1.CCc1cnc(N2CCC(n3ncc4cc(-c5ccc(-n6cnnn6)cc5)c(F)nc43)CC2)nc1.CCc1cnc(N2CCC(n3ncc4cc(-c5ccc(S(C)(=O)=O)cc5)c(F)cc43)CC2)nc1. The summed E-state index contributed by atoms with van der Waals surface area (Å²) in [5, 5.41) is 37.1. The third-order valence-corrected chi connectivity index (χ3v) is 28.3. The van der Waals surface area contributed by atoms with Gasteiger partial charge in [-0.2, -0.15) is 34.8 Å². The second-order valence-electron chi connectivity index (χ2n) is 35.8. The molecule has 4 saturated heterocycles. The van der Waals surface area contributed by atoms with Gasteiger partial charge in [-0.05, 0) is 213 Å². The first kappa shape index (κ1) is 93.1. The molecular weight excluding hydrogens is 1780 g/mol. The van der Waals surface area contributed by atoms with Crippen molar-refractivity contribution in [3.05, 3.63) is 236 Å². The lowest BCUT2D eigenvalue weighted by molar-refractivity contribution is 0.0186. The first-order valence-electron chi connectivity index (χ1n) is 45.0. The minimum absolute atomic E-state index is 0.139. The predicted molar refractivity (Wildman–Crippen MR) is 509 cm³/mol. The second kappa shape index (κ2) is 39.1. The Bertz CT molecular complexity index is 7270. The van der Waals surface area contributed by atoms with Gasteiger partial charge in [-0.1, -0.05) is 87.4 Å². The summed E-state index contributed by atoms with van der Waals surface area (Å²) in [7, 11) is -9.81. The third-order valence-electron chi connectivity index (χ3n) is 25.0. The van der Waals surface area contributed by atoms with Gasteiger partial charge in [0.2, 0.25) is 17.8 Å². The number of benzene rings is 7. The van der Waals surface area contributed by atoms with Crippen molar-refractivity contribution < 1.29 is 52.5 Å². The second-order valence-corrected chi connectivity index (χ2v) is 41.8. The molecule has 20 rings (SSSR count). The zero-order valence-electron chi connectivity index (χ0n) is 76.5. The van der Waals surface area contributed by atoms with Gasteiger partial charge in [0.1, 0.15) is 23.6 Å². The summed E-state index contributed by atoms with van der Waals surface area (Å²) in [5.74, 6) is 1.17. The molecule has 0 saturated carbocycles. The number of halogens is 3. The van der Waals surface area contributed by atoms with Crippen LogP contribution in [0, 0.1) is 17.6 Å². The van der Waals surface area contributed by atoms with Crippen LogP contribution in [0.25, 0.3) is 93.9 Å². The molecule has 9 aromatic heterocycles. The van der Waals surface area contributed by atoms with Crippen molar-refractivity contribution in [1.82, 2.24) is 99.3 Å². The topological polar surface area (TPSA) is 360 Å². The third kappa shape index (κ3) is 21.1. The number of tetrazole rings is 1. The summed E-state index contributed by atoms with van der Waals surface area (Å²) >= 11 is 0. The number of pyridine rings is 1. The quantitative estimate of drug-likeness (QED) is 0.0720. The van der Waals surface area contributed by atoms with E-state index in [-0.39, 0.29) is 57.6 Å².